The first kappa shape index (κ1) is 80.5. The van der Waals surface area contributed by atoms with E-state index in [-0.39, 0.29) is 121 Å². The zero-order valence-electron chi connectivity index (χ0n) is 62.4. The number of unbranched alkanes of at least 4 members (excludes halogenated alkanes) is 2. The zero-order chi connectivity index (χ0) is 74.1. The highest BCUT2D eigenvalue weighted by atomic mass is 16.2. The first-order valence-corrected chi connectivity index (χ1v) is 39.0. The van der Waals surface area contributed by atoms with Gasteiger partial charge in [0.15, 0.2) is 5.78 Å². The van der Waals surface area contributed by atoms with E-state index in [1.54, 1.807) is 29.0 Å². The molecule has 104 heavy (non-hydrogen) atoms. The minimum Gasteiger partial charge on any atom is -0.356 e. The number of hydrazine groups is 2. The van der Waals surface area contributed by atoms with E-state index in [1.165, 1.54) is 16.7 Å². The topological polar surface area (TPSA) is 313 Å². The molecule has 3 aromatic carbocycles. The molecular weight excluding hydrogens is 1310 g/mol. The molecule has 3 aromatic rings. The summed E-state index contributed by atoms with van der Waals surface area (Å²) in [4.78, 5) is 102. The van der Waals surface area contributed by atoms with E-state index in [0.29, 0.717) is 83.3 Å². The molecule has 564 valence electrons. The number of amides is 5. The third-order valence-electron chi connectivity index (χ3n) is 23.2. The van der Waals surface area contributed by atoms with Crippen LogP contribution in [0.2, 0.25) is 0 Å². The molecule has 15 unspecified atom stereocenters. The number of fused-ring (bicyclic) bond motifs is 2. The summed E-state index contributed by atoms with van der Waals surface area (Å²) in [5.41, 5.74) is 6.21. The van der Waals surface area contributed by atoms with Crippen LogP contribution < -0.4 is 48.9 Å². The summed E-state index contributed by atoms with van der Waals surface area (Å²) in [5, 5.41) is 43.5. The molecule has 2 heterocycles. The van der Waals surface area contributed by atoms with Gasteiger partial charge in [-0.15, -0.1) is 0 Å². The fourth-order valence-electron chi connectivity index (χ4n) is 17.3. The van der Waals surface area contributed by atoms with Crippen LogP contribution in [0.5, 0.6) is 0 Å². The van der Waals surface area contributed by atoms with E-state index in [1.807, 2.05) is 62.4 Å². The number of aryl methyl sites for hydroxylation is 2. The molecule has 0 aromatic heterocycles. The number of likely N-dealkylation sites (N-methyl/N-ethyl adjacent to an activating group) is 2. The lowest BCUT2D eigenvalue weighted by atomic mass is 9.68. The molecule has 13 N–H and O–H groups in total. The summed E-state index contributed by atoms with van der Waals surface area (Å²) < 4.78 is 0. The summed E-state index contributed by atoms with van der Waals surface area (Å²) in [7, 11) is 3.47. The first-order valence-electron chi connectivity index (χ1n) is 39.0. The normalized spacial score (nSPS) is 24.5. The van der Waals surface area contributed by atoms with Crippen LogP contribution in [0.25, 0.3) is 0 Å². The van der Waals surface area contributed by atoms with Gasteiger partial charge in [0.05, 0.1) is 43.0 Å². The van der Waals surface area contributed by atoms with Crippen molar-refractivity contribution in [2.45, 2.75) is 204 Å². The van der Waals surface area contributed by atoms with Gasteiger partial charge < -0.3 is 52.9 Å². The number of benzene rings is 3. The fourth-order valence-corrected chi connectivity index (χ4v) is 17.3. The van der Waals surface area contributed by atoms with Crippen LogP contribution in [-0.4, -0.2) is 157 Å². The van der Waals surface area contributed by atoms with E-state index in [0.717, 1.165) is 81.8 Å². The minimum absolute atomic E-state index is 0.0262. The maximum absolute atomic E-state index is 15.1. The highest BCUT2D eigenvalue weighted by Gasteiger charge is 2.52. The second-order valence-corrected chi connectivity index (χ2v) is 30.2. The molecule has 4 fully saturated rings. The Balaban J connectivity index is 0.679. The summed E-state index contributed by atoms with van der Waals surface area (Å²) in [6.45, 7) is 8.76. The first-order chi connectivity index (χ1) is 50.4. The third kappa shape index (κ3) is 22.2. The predicted molar refractivity (Wildman–Crippen MR) is 411 cm³/mol. The maximum atomic E-state index is 15.1. The molecule has 21 nitrogen and oxygen atoms in total. The number of nitrogens with zero attached hydrogens (tertiary/aromatic N) is 3. The van der Waals surface area contributed by atoms with Crippen molar-refractivity contribution in [3.63, 3.8) is 0 Å². The fraction of sp³-hybridized carbons (Fsp3) is 0.578. The average molecular weight is 1430 g/mol. The molecule has 0 radical (unpaired) electrons. The minimum atomic E-state index is -0.852. The quantitative estimate of drug-likeness (QED) is 0.0110. The van der Waals surface area contributed by atoms with E-state index < -0.39 is 48.1 Å². The van der Waals surface area contributed by atoms with Gasteiger partial charge in [-0.2, -0.15) is 0 Å². The van der Waals surface area contributed by atoms with Crippen LogP contribution >= 0.6 is 0 Å². The zero-order valence-corrected chi connectivity index (χ0v) is 62.4. The molecule has 0 spiro atoms. The number of rotatable bonds is 40. The van der Waals surface area contributed by atoms with Crippen molar-refractivity contribution in [1.29, 1.82) is 10.8 Å². The highest BCUT2D eigenvalue weighted by Crippen LogP contribution is 2.48. The van der Waals surface area contributed by atoms with Crippen LogP contribution in [0.4, 0.5) is 0 Å². The summed E-state index contributed by atoms with van der Waals surface area (Å²) in [6.07, 6.45) is 29.7. The van der Waals surface area contributed by atoms with Crippen LogP contribution in [-0.2, 0) is 52.9 Å². The Morgan fingerprint density at radius 2 is 1.28 bits per heavy atom. The predicted octanol–water partition coefficient (Wildman–Crippen LogP) is 8.85. The Bertz CT molecular complexity index is 3460. The van der Waals surface area contributed by atoms with Crippen LogP contribution in [0, 0.1) is 58.2 Å². The Morgan fingerprint density at radius 3 is 1.90 bits per heavy atom. The number of carbonyl (C=O) groups excluding carboxylic acids is 7. The van der Waals surface area contributed by atoms with Gasteiger partial charge >= 0.3 is 0 Å². The van der Waals surface area contributed by atoms with Crippen molar-refractivity contribution in [3.05, 3.63) is 155 Å². The number of hydrogen-bond acceptors (Lipinski definition) is 16. The van der Waals surface area contributed by atoms with Gasteiger partial charge in [-0.1, -0.05) is 154 Å². The second kappa shape index (κ2) is 40.7. The molecule has 9 rings (SSSR count). The van der Waals surface area contributed by atoms with Gasteiger partial charge in [0.1, 0.15) is 17.9 Å². The van der Waals surface area contributed by atoms with Crippen molar-refractivity contribution >= 4 is 52.5 Å². The monoisotopic (exact) mass is 1420 g/mol. The highest BCUT2D eigenvalue weighted by molar-refractivity contribution is 5.99. The van der Waals surface area contributed by atoms with Crippen molar-refractivity contribution < 1.29 is 33.6 Å². The molecule has 2 aliphatic heterocycles. The molecule has 4 aliphatic carbocycles. The lowest BCUT2D eigenvalue weighted by molar-refractivity contribution is -0.143. The lowest BCUT2D eigenvalue weighted by Crippen LogP contribution is -2.59. The molecule has 21 heteroatoms. The van der Waals surface area contributed by atoms with Gasteiger partial charge in [-0.3, -0.25) is 45.2 Å². The van der Waals surface area contributed by atoms with Gasteiger partial charge in [0, 0.05) is 80.5 Å². The lowest BCUT2D eigenvalue weighted by Gasteiger charge is -2.35. The standard InChI is InChI=1S/C83H120N14O7/c1-6-69(88-4)80(101)93-76-64(39-38-61-41-45-67(74(61)79(76)100)78(99)55(3)73(59-28-14-9-15-29-59)60-30-16-10-17-31-60)52-91-72(98)47-42-65(84)53-95(86)48-22-20-24-56-34-36-57(37-35-56)25-21-23-49-96(87)54-68(85)75(62-32-18-11-19-33-62)92-82(103)71-46-44-66-43-40-63(51-90-50-58-26-12-8-13-27-58)77(83(104)97(66)71)94-81(102)70(7-2)89-5/h8-16,18-19,26-28,30,32-37,55,59,61,63-64,66-67,69-71,73-77,84-85,88-90H,6-7,17,20-25,29,31,38-54,86-87H2,1-5H3,(H,91,98)(H,92,103)(H,93,101)(H,94,102). The molecule has 2 saturated carbocycles. The van der Waals surface area contributed by atoms with Gasteiger partial charge in [-0.25, -0.2) is 10.0 Å². The summed E-state index contributed by atoms with van der Waals surface area (Å²) in [6, 6.07) is 23.9. The maximum Gasteiger partial charge on any atom is 0.246 e. The summed E-state index contributed by atoms with van der Waals surface area (Å²) >= 11 is 0. The summed E-state index contributed by atoms with van der Waals surface area (Å²) in [5.74, 6) is 10.3. The number of hydrogen-bond donors (Lipinski definition) is 11. The van der Waals surface area contributed by atoms with Crippen LogP contribution in [0.3, 0.4) is 0 Å². The number of nitrogens with one attached hydrogen (secondary N) is 9. The van der Waals surface area contributed by atoms with Gasteiger partial charge in [0.25, 0.3) is 0 Å². The Kier molecular flexibility index (Phi) is 31.5. The molecule has 6 aliphatic rings. The number of carbonyl (C=O) groups is 7. The Morgan fingerprint density at radius 1 is 0.663 bits per heavy atom. The number of Topliss-reactive ketones (excluding diaryl/α,β-unsaturated/α-hetero) is 2. The number of ketones is 2. The Hall–Kier alpha value is -7.63. The third-order valence-corrected chi connectivity index (χ3v) is 23.2. The van der Waals surface area contributed by atoms with E-state index >= 15 is 4.79 Å². The molecule has 5 amide bonds. The van der Waals surface area contributed by atoms with E-state index in [4.69, 9.17) is 17.1 Å². The molecule has 0 bridgehead atoms. The molecular formula is C83H120N14O7. The average Bonchev–Trinajstić information content (AvgIpc) is 1.61. The van der Waals surface area contributed by atoms with Crippen molar-refractivity contribution in [2.75, 3.05) is 53.4 Å². The van der Waals surface area contributed by atoms with Gasteiger partial charge in [0.2, 0.25) is 29.5 Å². The van der Waals surface area contributed by atoms with Gasteiger partial charge in [-0.05, 0) is 183 Å². The van der Waals surface area contributed by atoms with Crippen LogP contribution in [0.1, 0.15) is 171 Å². The largest absolute Gasteiger partial charge is 0.356 e. The van der Waals surface area contributed by atoms with Crippen molar-refractivity contribution in [3.8, 4) is 0 Å². The van der Waals surface area contributed by atoms with Crippen molar-refractivity contribution in [2.24, 2.45) is 59.0 Å². The number of nitrogens with two attached hydrogens (primary N) is 2. The van der Waals surface area contributed by atoms with E-state index in [2.05, 4.69) is 123 Å². The Labute approximate surface area is 618 Å². The number of allylic oxidation sites excluding steroid dienone is 8. The SMILES string of the molecule is CCC(NC)C(=O)NC1C(=O)C2C(CCC1CNC(=O)CCC(=N)CN(N)CCCCc1ccc(CCCCN(N)CC(=N)C(NC(=O)C3CCC4CCC(CNCc5ccccc5)C(NC(=O)C(CC)NC)C(=O)N43)c3ccccc3)cc1)CCC2C(=O)C(C)C(C1=CC=CCC1)C1C=CC=CC1. The van der Waals surface area contributed by atoms with E-state index in [9.17, 15) is 34.2 Å². The van der Waals surface area contributed by atoms with Crippen molar-refractivity contribution in [1.82, 2.24) is 52.1 Å². The second-order valence-electron chi connectivity index (χ2n) is 30.2. The van der Waals surface area contributed by atoms with Crippen LogP contribution in [0.15, 0.2) is 133 Å². The molecule has 2 saturated heterocycles. The smallest absolute Gasteiger partial charge is 0.246 e. The molecule has 15 atom stereocenters.